The standard InChI is InChI=1S/C14H22N2O4S/c1-3-19-12-8-11(9-12)16-21(17,18)14-7-10(15)5-6-13(14)20-4-2/h5-7,11-12,16H,3-4,8-9,15H2,1-2H3. The molecule has 3 N–H and O–H groups in total. The van der Waals surface area contributed by atoms with Gasteiger partial charge in [-0.1, -0.05) is 0 Å². The first-order valence-electron chi connectivity index (χ1n) is 7.12. The van der Waals surface area contributed by atoms with E-state index >= 15 is 0 Å². The van der Waals surface area contributed by atoms with Crippen LogP contribution in [0.4, 0.5) is 5.69 Å². The normalized spacial score (nSPS) is 21.8. The maximum absolute atomic E-state index is 12.5. The number of hydrogen-bond donors (Lipinski definition) is 2. The zero-order valence-corrected chi connectivity index (χ0v) is 13.2. The molecule has 0 radical (unpaired) electrons. The lowest BCUT2D eigenvalue weighted by molar-refractivity contribution is -0.00476. The Morgan fingerprint density at radius 3 is 2.62 bits per heavy atom. The van der Waals surface area contributed by atoms with Crippen molar-refractivity contribution in [1.82, 2.24) is 4.72 Å². The highest BCUT2D eigenvalue weighted by Gasteiger charge is 2.34. The Bertz CT molecular complexity index is 583. The molecule has 0 aromatic heterocycles. The topological polar surface area (TPSA) is 90.7 Å². The quantitative estimate of drug-likeness (QED) is 0.745. The molecule has 0 bridgehead atoms. The number of ether oxygens (including phenoxy) is 2. The van der Waals surface area contributed by atoms with E-state index in [2.05, 4.69) is 4.72 Å². The molecular formula is C14H22N2O4S. The Balaban J connectivity index is 2.11. The van der Waals surface area contributed by atoms with E-state index in [-0.39, 0.29) is 17.0 Å². The average molecular weight is 314 g/mol. The zero-order valence-electron chi connectivity index (χ0n) is 12.3. The van der Waals surface area contributed by atoms with Gasteiger partial charge in [-0.2, -0.15) is 0 Å². The SMILES string of the molecule is CCOc1ccc(N)cc1S(=O)(=O)NC1CC(OCC)C1. The van der Waals surface area contributed by atoms with Gasteiger partial charge in [0.15, 0.2) is 0 Å². The van der Waals surface area contributed by atoms with Gasteiger partial charge >= 0.3 is 0 Å². The summed E-state index contributed by atoms with van der Waals surface area (Å²) in [5.41, 5.74) is 6.08. The summed E-state index contributed by atoms with van der Waals surface area (Å²) < 4.78 is 38.4. The summed E-state index contributed by atoms with van der Waals surface area (Å²) in [4.78, 5) is 0.0872. The minimum Gasteiger partial charge on any atom is -0.492 e. The molecule has 1 aromatic rings. The van der Waals surface area contributed by atoms with Crippen LogP contribution >= 0.6 is 0 Å². The number of nitrogens with two attached hydrogens (primary N) is 1. The van der Waals surface area contributed by atoms with Crippen molar-refractivity contribution in [2.75, 3.05) is 18.9 Å². The lowest BCUT2D eigenvalue weighted by Crippen LogP contribution is -2.47. The number of nitrogens with one attached hydrogen (secondary N) is 1. The van der Waals surface area contributed by atoms with E-state index in [0.29, 0.717) is 37.5 Å². The van der Waals surface area contributed by atoms with E-state index in [1.807, 2.05) is 6.92 Å². The van der Waals surface area contributed by atoms with Crippen LogP contribution in [0.15, 0.2) is 23.1 Å². The van der Waals surface area contributed by atoms with E-state index in [1.54, 1.807) is 19.1 Å². The van der Waals surface area contributed by atoms with Crippen LogP contribution in [0.3, 0.4) is 0 Å². The predicted molar refractivity (Wildman–Crippen MR) is 80.8 cm³/mol. The second-order valence-corrected chi connectivity index (χ2v) is 6.69. The number of benzene rings is 1. The molecular weight excluding hydrogens is 292 g/mol. The molecule has 1 aliphatic rings. The van der Waals surface area contributed by atoms with Crippen LogP contribution in [0.5, 0.6) is 5.75 Å². The van der Waals surface area contributed by atoms with Crippen LogP contribution in [0.1, 0.15) is 26.7 Å². The molecule has 0 saturated heterocycles. The fraction of sp³-hybridized carbons (Fsp3) is 0.571. The molecule has 1 aromatic carbocycles. The molecule has 21 heavy (non-hydrogen) atoms. The van der Waals surface area contributed by atoms with Crippen molar-refractivity contribution in [2.45, 2.75) is 43.7 Å². The second kappa shape index (κ2) is 6.64. The smallest absolute Gasteiger partial charge is 0.244 e. The van der Waals surface area contributed by atoms with Crippen molar-refractivity contribution in [1.29, 1.82) is 0 Å². The zero-order chi connectivity index (χ0) is 15.5. The van der Waals surface area contributed by atoms with Crippen LogP contribution in [0, 0.1) is 0 Å². The van der Waals surface area contributed by atoms with Gasteiger partial charge in [-0.3, -0.25) is 0 Å². The first-order valence-corrected chi connectivity index (χ1v) is 8.60. The molecule has 1 fully saturated rings. The molecule has 1 aliphatic carbocycles. The van der Waals surface area contributed by atoms with Crippen LogP contribution in [-0.2, 0) is 14.8 Å². The van der Waals surface area contributed by atoms with Gasteiger partial charge in [0.1, 0.15) is 10.6 Å². The summed E-state index contributed by atoms with van der Waals surface area (Å²) >= 11 is 0. The number of sulfonamides is 1. The average Bonchev–Trinajstić information content (AvgIpc) is 2.38. The highest BCUT2D eigenvalue weighted by molar-refractivity contribution is 7.89. The third-order valence-electron chi connectivity index (χ3n) is 3.38. The Hall–Kier alpha value is -1.31. The third-order valence-corrected chi connectivity index (χ3v) is 4.92. The number of nitrogen functional groups attached to an aromatic ring is 1. The van der Waals surface area contributed by atoms with Gasteiger partial charge in [0.2, 0.25) is 10.0 Å². The number of rotatable bonds is 7. The maximum atomic E-state index is 12.5. The van der Waals surface area contributed by atoms with Gasteiger partial charge in [0.25, 0.3) is 0 Å². The van der Waals surface area contributed by atoms with Gasteiger partial charge in [-0.15, -0.1) is 0 Å². The van der Waals surface area contributed by atoms with Gasteiger partial charge in [-0.05, 0) is 44.9 Å². The fourth-order valence-corrected chi connectivity index (χ4v) is 3.77. The molecule has 6 nitrogen and oxygen atoms in total. The van der Waals surface area contributed by atoms with E-state index in [1.165, 1.54) is 6.07 Å². The van der Waals surface area contributed by atoms with E-state index in [0.717, 1.165) is 0 Å². The van der Waals surface area contributed by atoms with Gasteiger partial charge in [0, 0.05) is 18.3 Å². The fourth-order valence-electron chi connectivity index (χ4n) is 2.33. The minimum absolute atomic E-state index is 0.0872. The van der Waals surface area contributed by atoms with Crippen LogP contribution in [-0.4, -0.2) is 33.8 Å². The van der Waals surface area contributed by atoms with Crippen molar-refractivity contribution in [3.8, 4) is 5.75 Å². The second-order valence-electron chi connectivity index (χ2n) is 5.01. The molecule has 0 aliphatic heterocycles. The third kappa shape index (κ3) is 3.87. The summed E-state index contributed by atoms with van der Waals surface area (Å²) in [5.74, 6) is 0.319. The van der Waals surface area contributed by atoms with Crippen LogP contribution in [0.25, 0.3) is 0 Å². The molecule has 0 unspecified atom stereocenters. The summed E-state index contributed by atoms with van der Waals surface area (Å²) in [6, 6.07) is 4.53. The Kier molecular flexibility index (Phi) is 5.08. The monoisotopic (exact) mass is 314 g/mol. The van der Waals surface area contributed by atoms with Crippen LogP contribution in [0.2, 0.25) is 0 Å². The largest absolute Gasteiger partial charge is 0.492 e. The molecule has 7 heteroatoms. The highest BCUT2D eigenvalue weighted by atomic mass is 32.2. The lowest BCUT2D eigenvalue weighted by atomic mass is 9.90. The van der Waals surface area contributed by atoms with Crippen molar-refractivity contribution >= 4 is 15.7 Å². The Labute approximate surface area is 125 Å². The summed E-state index contributed by atoms with van der Waals surface area (Å²) in [6.07, 6.45) is 1.54. The molecule has 0 heterocycles. The minimum atomic E-state index is -3.64. The maximum Gasteiger partial charge on any atom is 0.244 e. The van der Waals surface area contributed by atoms with E-state index in [4.69, 9.17) is 15.2 Å². The Morgan fingerprint density at radius 1 is 1.29 bits per heavy atom. The van der Waals surface area contributed by atoms with Gasteiger partial charge in [0.05, 0.1) is 12.7 Å². The molecule has 2 rings (SSSR count). The van der Waals surface area contributed by atoms with Gasteiger partial charge in [-0.25, -0.2) is 13.1 Å². The molecule has 1 saturated carbocycles. The predicted octanol–water partition coefficient (Wildman–Crippen LogP) is 1.51. The first kappa shape index (κ1) is 16.1. The first-order chi connectivity index (χ1) is 9.96. The van der Waals surface area contributed by atoms with Crippen molar-refractivity contribution in [3.05, 3.63) is 18.2 Å². The molecule has 0 spiro atoms. The Morgan fingerprint density at radius 2 is 2.00 bits per heavy atom. The lowest BCUT2D eigenvalue weighted by Gasteiger charge is -2.35. The summed E-state index contributed by atoms with van der Waals surface area (Å²) in [7, 11) is -3.64. The van der Waals surface area contributed by atoms with Crippen molar-refractivity contribution in [2.24, 2.45) is 0 Å². The summed E-state index contributed by atoms with van der Waals surface area (Å²) in [6.45, 7) is 4.77. The van der Waals surface area contributed by atoms with Crippen molar-refractivity contribution < 1.29 is 17.9 Å². The number of anilines is 1. The van der Waals surface area contributed by atoms with Gasteiger partial charge < -0.3 is 15.2 Å². The van der Waals surface area contributed by atoms with E-state index < -0.39 is 10.0 Å². The highest BCUT2D eigenvalue weighted by Crippen LogP contribution is 2.29. The molecule has 0 amide bonds. The van der Waals surface area contributed by atoms with Crippen molar-refractivity contribution in [3.63, 3.8) is 0 Å². The van der Waals surface area contributed by atoms with E-state index in [9.17, 15) is 8.42 Å². The molecule has 0 atom stereocenters. The summed E-state index contributed by atoms with van der Waals surface area (Å²) in [5, 5.41) is 0. The number of hydrogen-bond acceptors (Lipinski definition) is 5. The molecule has 118 valence electrons. The van der Waals surface area contributed by atoms with Crippen LogP contribution < -0.4 is 15.2 Å².